The molecule has 2 aromatic carbocycles. The summed E-state index contributed by atoms with van der Waals surface area (Å²) in [5.74, 6) is -0.568. The Hall–Kier alpha value is -3.43. The average molecular weight is 431 g/mol. The molecule has 0 bridgehead atoms. The quantitative estimate of drug-likeness (QED) is 0.662. The van der Waals surface area contributed by atoms with E-state index in [0.29, 0.717) is 11.3 Å². The normalized spacial score (nSPS) is 15.5. The van der Waals surface area contributed by atoms with E-state index in [1.54, 1.807) is 17.7 Å². The van der Waals surface area contributed by atoms with Gasteiger partial charge in [0, 0.05) is 32.2 Å². The van der Waals surface area contributed by atoms with Crippen LogP contribution in [0.3, 0.4) is 0 Å². The summed E-state index contributed by atoms with van der Waals surface area (Å²) in [7, 11) is 3.70. The van der Waals surface area contributed by atoms with Crippen molar-refractivity contribution in [3.8, 4) is 28.5 Å². The molecule has 0 amide bonds. The standard InChI is InChI=1S/C26H27FN4O/c1-4-17-5-7-18(8-6-17)25-22(19-9-10-20(15-28)23(27)13-19)14-24(26(32)31(25)3)30(2)21-11-12-29-16-21/h5-10,13-14,21,29H,4,11-12,16H2,1-3H3/t21-/m0/s1. The number of rotatable bonds is 5. The van der Waals surface area contributed by atoms with Crippen LogP contribution >= 0.6 is 0 Å². The molecule has 1 atom stereocenters. The predicted molar refractivity (Wildman–Crippen MR) is 126 cm³/mol. The molecule has 4 rings (SSSR count). The Morgan fingerprint density at radius 1 is 1.19 bits per heavy atom. The van der Waals surface area contributed by atoms with Gasteiger partial charge in [0.05, 0.1) is 11.3 Å². The summed E-state index contributed by atoms with van der Waals surface area (Å²) in [6.07, 6.45) is 1.88. The van der Waals surface area contributed by atoms with Gasteiger partial charge < -0.3 is 14.8 Å². The molecule has 1 aromatic heterocycles. The van der Waals surface area contributed by atoms with Gasteiger partial charge in [0.2, 0.25) is 0 Å². The number of benzene rings is 2. The minimum atomic E-state index is -0.568. The molecule has 1 saturated heterocycles. The van der Waals surface area contributed by atoms with Gasteiger partial charge in [0.25, 0.3) is 5.56 Å². The zero-order chi connectivity index (χ0) is 22.8. The summed E-state index contributed by atoms with van der Waals surface area (Å²) in [6, 6.07) is 16.7. The smallest absolute Gasteiger partial charge is 0.274 e. The van der Waals surface area contributed by atoms with Crippen LogP contribution in [-0.4, -0.2) is 30.7 Å². The maximum Gasteiger partial charge on any atom is 0.274 e. The van der Waals surface area contributed by atoms with Gasteiger partial charge in [-0.1, -0.05) is 37.3 Å². The van der Waals surface area contributed by atoms with Gasteiger partial charge >= 0.3 is 0 Å². The first-order valence-corrected chi connectivity index (χ1v) is 10.9. The van der Waals surface area contributed by atoms with Crippen molar-refractivity contribution in [3.63, 3.8) is 0 Å². The fourth-order valence-electron chi connectivity index (χ4n) is 4.38. The number of hydrogen-bond acceptors (Lipinski definition) is 4. The molecule has 1 N–H and O–H groups in total. The largest absolute Gasteiger partial charge is 0.366 e. The predicted octanol–water partition coefficient (Wildman–Crippen LogP) is 4.09. The molecule has 1 fully saturated rings. The summed E-state index contributed by atoms with van der Waals surface area (Å²) in [4.78, 5) is 15.4. The first-order chi connectivity index (χ1) is 15.4. The molecule has 0 spiro atoms. The van der Waals surface area contributed by atoms with E-state index in [9.17, 15) is 9.18 Å². The molecule has 3 aromatic rings. The second-order valence-electron chi connectivity index (χ2n) is 8.27. The third-order valence-corrected chi connectivity index (χ3v) is 6.39. The second kappa shape index (κ2) is 8.97. The van der Waals surface area contributed by atoms with Crippen LogP contribution in [-0.2, 0) is 13.5 Å². The molecule has 2 heterocycles. The first-order valence-electron chi connectivity index (χ1n) is 10.9. The van der Waals surface area contributed by atoms with Crippen molar-refractivity contribution in [2.45, 2.75) is 25.8 Å². The SMILES string of the molecule is CCc1ccc(-c2c(-c3ccc(C#N)c(F)c3)cc(N(C)[C@H]3CCNC3)c(=O)n2C)cc1. The molecular weight excluding hydrogens is 403 g/mol. The molecule has 1 aliphatic heterocycles. The van der Waals surface area contributed by atoms with Crippen LogP contribution in [0.4, 0.5) is 10.1 Å². The first kappa shape index (κ1) is 21.8. The van der Waals surface area contributed by atoms with Crippen LogP contribution in [0.2, 0.25) is 0 Å². The van der Waals surface area contributed by atoms with Gasteiger partial charge in [-0.05, 0) is 54.3 Å². The van der Waals surface area contributed by atoms with Crippen LogP contribution in [0.1, 0.15) is 24.5 Å². The van der Waals surface area contributed by atoms with Crippen molar-refractivity contribution < 1.29 is 4.39 Å². The van der Waals surface area contributed by atoms with Crippen LogP contribution in [0.15, 0.2) is 53.3 Å². The summed E-state index contributed by atoms with van der Waals surface area (Å²) in [5.41, 5.74) is 4.69. The zero-order valence-corrected chi connectivity index (χ0v) is 18.7. The highest BCUT2D eigenvalue weighted by Gasteiger charge is 2.24. The van der Waals surface area contributed by atoms with Crippen LogP contribution in [0, 0.1) is 17.1 Å². The van der Waals surface area contributed by atoms with Crippen molar-refractivity contribution in [3.05, 3.63) is 75.8 Å². The number of halogens is 1. The molecule has 0 radical (unpaired) electrons. The topological polar surface area (TPSA) is 61.1 Å². The van der Waals surface area contributed by atoms with Gasteiger partial charge in [-0.2, -0.15) is 5.26 Å². The number of pyridine rings is 1. The third-order valence-electron chi connectivity index (χ3n) is 6.39. The summed E-state index contributed by atoms with van der Waals surface area (Å²) >= 11 is 0. The lowest BCUT2D eigenvalue weighted by atomic mass is 9.96. The van der Waals surface area contributed by atoms with Crippen molar-refractivity contribution in [1.29, 1.82) is 5.26 Å². The van der Waals surface area contributed by atoms with Crippen molar-refractivity contribution in [2.75, 3.05) is 25.0 Å². The summed E-state index contributed by atoms with van der Waals surface area (Å²) < 4.78 is 16.2. The lowest BCUT2D eigenvalue weighted by Crippen LogP contribution is -2.38. The molecule has 5 nitrogen and oxygen atoms in total. The fourth-order valence-corrected chi connectivity index (χ4v) is 4.38. The van der Waals surface area contributed by atoms with E-state index in [4.69, 9.17) is 5.26 Å². The summed E-state index contributed by atoms with van der Waals surface area (Å²) in [5, 5.41) is 12.5. The van der Waals surface area contributed by atoms with Gasteiger partial charge in [-0.25, -0.2) is 4.39 Å². The average Bonchev–Trinajstić information content (AvgIpc) is 3.35. The third kappa shape index (κ3) is 3.92. The van der Waals surface area contributed by atoms with E-state index in [0.717, 1.165) is 42.8 Å². The van der Waals surface area contributed by atoms with E-state index >= 15 is 0 Å². The molecule has 32 heavy (non-hydrogen) atoms. The highest BCUT2D eigenvalue weighted by atomic mass is 19.1. The van der Waals surface area contributed by atoms with E-state index in [1.165, 1.54) is 17.7 Å². The van der Waals surface area contributed by atoms with Crippen molar-refractivity contribution in [2.24, 2.45) is 7.05 Å². The molecule has 0 saturated carbocycles. The maximum absolute atomic E-state index is 14.5. The van der Waals surface area contributed by atoms with Crippen molar-refractivity contribution >= 4 is 5.69 Å². The molecule has 6 heteroatoms. The van der Waals surface area contributed by atoms with Crippen LogP contribution in [0.5, 0.6) is 0 Å². The molecule has 0 aliphatic carbocycles. The monoisotopic (exact) mass is 430 g/mol. The highest BCUT2D eigenvalue weighted by molar-refractivity contribution is 5.84. The van der Waals surface area contributed by atoms with E-state index < -0.39 is 5.82 Å². The molecule has 164 valence electrons. The number of aryl methyl sites for hydroxylation is 1. The van der Waals surface area contributed by atoms with E-state index in [2.05, 4.69) is 12.2 Å². The fraction of sp³-hybridized carbons (Fsp3) is 0.308. The number of nitriles is 1. The number of hydrogen-bond donors (Lipinski definition) is 1. The van der Waals surface area contributed by atoms with Crippen LogP contribution < -0.4 is 15.8 Å². The Kier molecular flexibility index (Phi) is 6.11. The molecule has 0 unspecified atom stereocenters. The Bertz CT molecular complexity index is 1230. The van der Waals surface area contributed by atoms with Gasteiger partial charge in [-0.15, -0.1) is 0 Å². The Labute approximate surface area is 187 Å². The van der Waals surface area contributed by atoms with Gasteiger partial charge in [0.1, 0.15) is 17.6 Å². The highest BCUT2D eigenvalue weighted by Crippen LogP contribution is 2.34. The number of likely N-dealkylation sites (N-methyl/N-ethyl adjacent to an activating group) is 1. The Morgan fingerprint density at radius 2 is 1.91 bits per heavy atom. The molecular formula is C26H27FN4O. The number of anilines is 1. The minimum absolute atomic E-state index is 0.00166. The maximum atomic E-state index is 14.5. The number of nitrogens with zero attached hydrogens (tertiary/aromatic N) is 3. The Morgan fingerprint density at radius 3 is 2.50 bits per heavy atom. The van der Waals surface area contributed by atoms with Gasteiger partial charge in [-0.3, -0.25) is 4.79 Å². The number of aromatic nitrogens is 1. The van der Waals surface area contributed by atoms with Crippen LogP contribution in [0.25, 0.3) is 22.4 Å². The van der Waals surface area contributed by atoms with Crippen molar-refractivity contribution in [1.82, 2.24) is 9.88 Å². The summed E-state index contributed by atoms with van der Waals surface area (Å²) in [6.45, 7) is 3.84. The number of nitrogens with one attached hydrogen (secondary N) is 1. The van der Waals surface area contributed by atoms with E-state index in [1.807, 2.05) is 48.3 Å². The van der Waals surface area contributed by atoms with E-state index in [-0.39, 0.29) is 17.2 Å². The minimum Gasteiger partial charge on any atom is -0.366 e. The lowest BCUT2D eigenvalue weighted by molar-refractivity contribution is 0.624. The Balaban J connectivity index is 1.95. The molecule has 1 aliphatic rings. The lowest BCUT2D eigenvalue weighted by Gasteiger charge is -2.27. The second-order valence-corrected chi connectivity index (χ2v) is 8.27. The van der Waals surface area contributed by atoms with Gasteiger partial charge in [0.15, 0.2) is 0 Å². The zero-order valence-electron chi connectivity index (χ0n) is 18.7.